The van der Waals surface area contributed by atoms with E-state index in [-0.39, 0.29) is 18.2 Å². The zero-order valence-corrected chi connectivity index (χ0v) is 21.4. The molecule has 3 aromatic heterocycles. The maximum atomic E-state index is 13.3. The molecule has 1 fully saturated rings. The molecule has 0 saturated carbocycles. The van der Waals surface area contributed by atoms with Crippen molar-refractivity contribution in [3.63, 3.8) is 0 Å². The molecule has 1 aliphatic rings. The van der Waals surface area contributed by atoms with Crippen molar-refractivity contribution in [3.05, 3.63) is 83.4 Å². The van der Waals surface area contributed by atoms with Gasteiger partial charge in [0, 0.05) is 29.7 Å². The summed E-state index contributed by atoms with van der Waals surface area (Å²) < 4.78 is 3.24. The van der Waals surface area contributed by atoms with Crippen molar-refractivity contribution >= 4 is 46.0 Å². The van der Waals surface area contributed by atoms with Gasteiger partial charge in [0.05, 0.1) is 28.9 Å². The molecule has 0 aliphatic carbocycles. The van der Waals surface area contributed by atoms with Gasteiger partial charge in [-0.2, -0.15) is 14.9 Å². The molecule has 11 heteroatoms. The zero-order valence-electron chi connectivity index (χ0n) is 20.7. The Bertz CT molecular complexity index is 1690. The lowest BCUT2D eigenvalue weighted by Crippen LogP contribution is -2.28. The summed E-state index contributed by atoms with van der Waals surface area (Å²) in [4.78, 5) is 36.5. The lowest BCUT2D eigenvalue weighted by molar-refractivity contribution is -0.122. The molecule has 1 aliphatic heterocycles. The molecule has 38 heavy (non-hydrogen) atoms. The Kier molecular flexibility index (Phi) is 5.88. The van der Waals surface area contributed by atoms with Gasteiger partial charge in [0.15, 0.2) is 11.5 Å². The maximum Gasteiger partial charge on any atom is 0.230 e. The highest BCUT2D eigenvalue weighted by molar-refractivity contribution is 6.30. The summed E-state index contributed by atoms with van der Waals surface area (Å²) in [6.07, 6.45) is 3.22. The van der Waals surface area contributed by atoms with Crippen molar-refractivity contribution in [2.24, 2.45) is 5.92 Å². The van der Waals surface area contributed by atoms with E-state index in [2.05, 4.69) is 25.5 Å². The number of aryl methyl sites for hydroxylation is 2. The second-order valence-corrected chi connectivity index (χ2v) is 9.72. The standard InChI is InChI=1S/C27H23ClN8O2/c1-16-6-8-20(9-7-16)34-14-18(11-24(34)37)27(38)32-23-10-17(2)33-36(23)26-22-13-31-35(25(22)29-15-30-26)21-5-3-4-19(28)12-21/h3-10,12-13,15,18H,11,14H2,1-2H3,(H,32,38). The van der Waals surface area contributed by atoms with Gasteiger partial charge in [-0.3, -0.25) is 9.59 Å². The lowest BCUT2D eigenvalue weighted by atomic mass is 10.1. The van der Waals surface area contributed by atoms with Crippen molar-refractivity contribution in [1.29, 1.82) is 0 Å². The molecule has 10 nitrogen and oxygen atoms in total. The predicted molar refractivity (Wildman–Crippen MR) is 144 cm³/mol. The Morgan fingerprint density at radius 3 is 2.63 bits per heavy atom. The summed E-state index contributed by atoms with van der Waals surface area (Å²) in [5, 5.41) is 13.2. The lowest BCUT2D eigenvalue weighted by Gasteiger charge is -2.17. The molecule has 1 saturated heterocycles. The van der Waals surface area contributed by atoms with Crippen LogP contribution in [-0.2, 0) is 9.59 Å². The molecule has 0 radical (unpaired) electrons. The number of halogens is 1. The molecule has 2 amide bonds. The minimum Gasteiger partial charge on any atom is -0.312 e. The van der Waals surface area contributed by atoms with E-state index in [0.717, 1.165) is 16.9 Å². The summed E-state index contributed by atoms with van der Waals surface area (Å²) in [7, 11) is 0. The smallest absolute Gasteiger partial charge is 0.230 e. The van der Waals surface area contributed by atoms with Crippen LogP contribution in [-0.4, -0.2) is 47.9 Å². The highest BCUT2D eigenvalue weighted by Gasteiger charge is 2.35. The van der Waals surface area contributed by atoms with Crippen LogP contribution in [0.15, 0.2) is 67.1 Å². The third-order valence-corrected chi connectivity index (χ3v) is 6.76. The average molecular weight is 527 g/mol. The van der Waals surface area contributed by atoms with Gasteiger partial charge in [-0.15, -0.1) is 0 Å². The van der Waals surface area contributed by atoms with Crippen LogP contribution in [0.4, 0.5) is 11.5 Å². The molecule has 190 valence electrons. The number of fused-ring (bicyclic) bond motifs is 1. The minimum absolute atomic E-state index is 0.0790. The van der Waals surface area contributed by atoms with Gasteiger partial charge in [0.2, 0.25) is 11.8 Å². The normalized spacial score (nSPS) is 15.4. The van der Waals surface area contributed by atoms with Crippen molar-refractivity contribution in [3.8, 4) is 11.5 Å². The van der Waals surface area contributed by atoms with Gasteiger partial charge >= 0.3 is 0 Å². The highest BCUT2D eigenvalue weighted by Crippen LogP contribution is 2.28. The number of amides is 2. The summed E-state index contributed by atoms with van der Waals surface area (Å²) in [5.41, 5.74) is 3.91. The second kappa shape index (κ2) is 9.38. The molecule has 2 aromatic carbocycles. The van der Waals surface area contributed by atoms with Crippen LogP contribution >= 0.6 is 11.6 Å². The first kappa shape index (κ1) is 23.8. The fraction of sp³-hybridized carbons (Fsp3) is 0.185. The Hall–Kier alpha value is -4.57. The number of rotatable bonds is 5. The van der Waals surface area contributed by atoms with E-state index in [9.17, 15) is 9.59 Å². The number of hydrogen-bond donors (Lipinski definition) is 1. The number of nitrogens with one attached hydrogen (secondary N) is 1. The van der Waals surface area contributed by atoms with E-state index in [1.165, 1.54) is 6.33 Å². The first-order chi connectivity index (χ1) is 18.4. The maximum absolute atomic E-state index is 13.3. The number of nitrogens with zero attached hydrogens (tertiary/aromatic N) is 7. The van der Waals surface area contributed by atoms with E-state index in [1.54, 1.807) is 38.7 Å². The van der Waals surface area contributed by atoms with Gasteiger partial charge in [-0.1, -0.05) is 35.4 Å². The quantitative estimate of drug-likeness (QED) is 0.366. The summed E-state index contributed by atoms with van der Waals surface area (Å²) in [6.45, 7) is 4.13. The van der Waals surface area contributed by atoms with Gasteiger partial charge in [-0.05, 0) is 44.2 Å². The number of aromatic nitrogens is 6. The number of hydrogen-bond acceptors (Lipinski definition) is 6. The monoisotopic (exact) mass is 526 g/mol. The summed E-state index contributed by atoms with van der Waals surface area (Å²) in [6, 6.07) is 16.8. The number of benzene rings is 2. The fourth-order valence-electron chi connectivity index (χ4n) is 4.63. The first-order valence-corrected chi connectivity index (χ1v) is 12.4. The van der Waals surface area contributed by atoms with E-state index in [0.29, 0.717) is 39.9 Å². The Labute approximate surface area is 222 Å². The van der Waals surface area contributed by atoms with Crippen LogP contribution in [0.5, 0.6) is 0 Å². The Morgan fingerprint density at radius 1 is 1.03 bits per heavy atom. The van der Waals surface area contributed by atoms with Crippen LogP contribution < -0.4 is 10.2 Å². The van der Waals surface area contributed by atoms with Gasteiger partial charge in [0.1, 0.15) is 12.1 Å². The topological polar surface area (TPSA) is 111 Å². The second-order valence-electron chi connectivity index (χ2n) is 9.28. The van der Waals surface area contributed by atoms with Gasteiger partial charge < -0.3 is 10.2 Å². The molecule has 1 atom stereocenters. The summed E-state index contributed by atoms with van der Waals surface area (Å²) in [5.74, 6) is 0.0850. The predicted octanol–water partition coefficient (Wildman–Crippen LogP) is 4.26. The van der Waals surface area contributed by atoms with Crippen molar-refractivity contribution in [2.45, 2.75) is 20.3 Å². The number of anilines is 2. The fourth-order valence-corrected chi connectivity index (χ4v) is 4.82. The Balaban J connectivity index is 1.29. The van der Waals surface area contributed by atoms with Crippen molar-refractivity contribution in [1.82, 2.24) is 29.5 Å². The van der Waals surface area contributed by atoms with E-state index in [1.807, 2.05) is 50.2 Å². The largest absolute Gasteiger partial charge is 0.312 e. The molecular weight excluding hydrogens is 504 g/mol. The molecular formula is C27H23ClN8O2. The minimum atomic E-state index is -0.497. The SMILES string of the molecule is Cc1ccc(N2CC(C(=O)Nc3cc(C)nn3-c3ncnc4c3cnn4-c3cccc(Cl)c3)CC2=O)cc1. The molecule has 4 heterocycles. The molecule has 1 unspecified atom stereocenters. The average Bonchev–Trinajstić information content (AvgIpc) is 3.61. The van der Waals surface area contributed by atoms with Crippen LogP contribution in [0.1, 0.15) is 17.7 Å². The van der Waals surface area contributed by atoms with Crippen LogP contribution in [0.25, 0.3) is 22.5 Å². The van der Waals surface area contributed by atoms with Gasteiger partial charge in [-0.25, -0.2) is 14.6 Å². The molecule has 0 spiro atoms. The van der Waals surface area contributed by atoms with Crippen molar-refractivity contribution < 1.29 is 9.59 Å². The molecule has 0 bridgehead atoms. The van der Waals surface area contributed by atoms with E-state index >= 15 is 0 Å². The highest BCUT2D eigenvalue weighted by atomic mass is 35.5. The molecule has 5 aromatic rings. The molecule has 1 N–H and O–H groups in total. The van der Waals surface area contributed by atoms with Crippen LogP contribution in [0.2, 0.25) is 5.02 Å². The van der Waals surface area contributed by atoms with E-state index < -0.39 is 5.92 Å². The molecule has 6 rings (SSSR count). The number of carbonyl (C=O) groups is 2. The third-order valence-electron chi connectivity index (χ3n) is 6.52. The third kappa shape index (κ3) is 4.28. The van der Waals surface area contributed by atoms with Crippen LogP contribution in [0, 0.1) is 19.8 Å². The number of carbonyl (C=O) groups excluding carboxylic acids is 2. The zero-order chi connectivity index (χ0) is 26.4. The Morgan fingerprint density at radius 2 is 1.84 bits per heavy atom. The van der Waals surface area contributed by atoms with Crippen molar-refractivity contribution in [2.75, 3.05) is 16.8 Å². The first-order valence-electron chi connectivity index (χ1n) is 12.1. The summed E-state index contributed by atoms with van der Waals surface area (Å²) >= 11 is 6.17. The van der Waals surface area contributed by atoms with Crippen LogP contribution in [0.3, 0.4) is 0 Å². The van der Waals surface area contributed by atoms with Gasteiger partial charge in [0.25, 0.3) is 0 Å². The van der Waals surface area contributed by atoms with E-state index in [4.69, 9.17) is 11.6 Å².